The Kier molecular flexibility index (Phi) is 7.85. The highest BCUT2D eigenvalue weighted by Crippen LogP contribution is 2.21. The van der Waals surface area contributed by atoms with E-state index in [0.717, 1.165) is 10.0 Å². The molecular weight excluding hydrogens is 380 g/mol. The predicted octanol–water partition coefficient (Wildman–Crippen LogP) is 3.07. The zero-order valence-corrected chi connectivity index (χ0v) is 16.3. The fraction of sp³-hybridized carbons (Fsp3) is 0.500. The van der Waals surface area contributed by atoms with E-state index in [2.05, 4.69) is 36.9 Å². The summed E-state index contributed by atoms with van der Waals surface area (Å²) in [6, 6.07) is 5.68. The summed E-state index contributed by atoms with van der Waals surface area (Å²) in [6.07, 6.45) is 0. The normalized spacial score (nSPS) is 12.0. The van der Waals surface area contributed by atoms with Crippen molar-refractivity contribution in [2.24, 2.45) is 4.99 Å². The summed E-state index contributed by atoms with van der Waals surface area (Å²) in [4.78, 5) is 16.3. The number of halogens is 2. The lowest BCUT2D eigenvalue weighted by Crippen LogP contribution is -2.48. The lowest BCUT2D eigenvalue weighted by molar-refractivity contribution is -0.121. The van der Waals surface area contributed by atoms with E-state index < -0.39 is 0 Å². The van der Waals surface area contributed by atoms with Crippen molar-refractivity contribution in [3.05, 3.63) is 33.3 Å². The first-order valence-electron chi connectivity index (χ1n) is 7.48. The summed E-state index contributed by atoms with van der Waals surface area (Å²) >= 11 is 9.56. The van der Waals surface area contributed by atoms with Crippen LogP contribution in [0.1, 0.15) is 33.3 Å². The molecular formula is C16H24BrClN4O. The second-order valence-electron chi connectivity index (χ2n) is 6.08. The van der Waals surface area contributed by atoms with E-state index in [9.17, 15) is 4.79 Å². The molecule has 7 heteroatoms. The van der Waals surface area contributed by atoms with E-state index in [1.807, 2.05) is 45.9 Å². The van der Waals surface area contributed by atoms with Crippen molar-refractivity contribution in [2.45, 2.75) is 39.8 Å². The van der Waals surface area contributed by atoms with Crippen molar-refractivity contribution in [2.75, 3.05) is 13.1 Å². The largest absolute Gasteiger partial charge is 0.357 e. The maximum absolute atomic E-state index is 11.9. The van der Waals surface area contributed by atoms with Crippen LogP contribution in [0.5, 0.6) is 0 Å². The Balaban J connectivity index is 2.64. The fourth-order valence-corrected chi connectivity index (χ4v) is 2.52. The molecule has 128 valence electrons. The van der Waals surface area contributed by atoms with Crippen LogP contribution in [0.2, 0.25) is 5.02 Å². The van der Waals surface area contributed by atoms with Gasteiger partial charge in [0.1, 0.15) is 0 Å². The van der Waals surface area contributed by atoms with Gasteiger partial charge >= 0.3 is 0 Å². The zero-order valence-electron chi connectivity index (χ0n) is 14.0. The molecule has 5 nitrogen and oxygen atoms in total. The SMILES string of the molecule is CCNC(=NCc1ccc(Br)cc1Cl)NCC(=O)NC(C)(C)C. The van der Waals surface area contributed by atoms with Crippen molar-refractivity contribution in [3.8, 4) is 0 Å². The number of nitrogens with zero attached hydrogens (tertiary/aromatic N) is 1. The van der Waals surface area contributed by atoms with Crippen LogP contribution < -0.4 is 16.0 Å². The van der Waals surface area contributed by atoms with Crippen LogP contribution in [0.3, 0.4) is 0 Å². The summed E-state index contributed by atoms with van der Waals surface area (Å²) in [5.41, 5.74) is 0.672. The molecule has 0 fully saturated rings. The minimum Gasteiger partial charge on any atom is -0.357 e. The summed E-state index contributed by atoms with van der Waals surface area (Å²) in [7, 11) is 0. The predicted molar refractivity (Wildman–Crippen MR) is 99.9 cm³/mol. The van der Waals surface area contributed by atoms with E-state index in [1.165, 1.54) is 0 Å². The highest BCUT2D eigenvalue weighted by molar-refractivity contribution is 9.10. The number of benzene rings is 1. The minimum absolute atomic E-state index is 0.0789. The van der Waals surface area contributed by atoms with E-state index in [1.54, 1.807) is 0 Å². The molecule has 3 N–H and O–H groups in total. The molecule has 1 amide bonds. The van der Waals surface area contributed by atoms with Crippen LogP contribution in [0.15, 0.2) is 27.7 Å². The first-order chi connectivity index (χ1) is 10.7. The number of guanidine groups is 1. The average Bonchev–Trinajstić information content (AvgIpc) is 2.41. The quantitative estimate of drug-likeness (QED) is 0.523. The van der Waals surface area contributed by atoms with Crippen molar-refractivity contribution < 1.29 is 4.79 Å². The van der Waals surface area contributed by atoms with Crippen molar-refractivity contribution in [3.63, 3.8) is 0 Å². The summed E-state index contributed by atoms with van der Waals surface area (Å²) < 4.78 is 0.930. The van der Waals surface area contributed by atoms with Gasteiger partial charge in [-0.25, -0.2) is 4.99 Å². The third-order valence-corrected chi connectivity index (χ3v) is 3.54. The first kappa shape index (κ1) is 19.8. The van der Waals surface area contributed by atoms with Gasteiger partial charge < -0.3 is 16.0 Å². The van der Waals surface area contributed by atoms with Gasteiger partial charge in [-0.05, 0) is 45.4 Å². The number of carbonyl (C=O) groups is 1. The average molecular weight is 404 g/mol. The first-order valence-corrected chi connectivity index (χ1v) is 8.65. The van der Waals surface area contributed by atoms with Crippen LogP contribution in [0, 0.1) is 0 Å². The maximum Gasteiger partial charge on any atom is 0.239 e. The van der Waals surface area contributed by atoms with Gasteiger partial charge in [0.2, 0.25) is 5.91 Å². The highest BCUT2D eigenvalue weighted by Gasteiger charge is 2.13. The number of hydrogen-bond donors (Lipinski definition) is 3. The molecule has 1 rings (SSSR count). The Hall–Kier alpha value is -1.27. The number of aliphatic imine (C=N–C) groups is 1. The molecule has 0 atom stereocenters. The van der Waals surface area contributed by atoms with E-state index in [0.29, 0.717) is 24.1 Å². The molecule has 0 radical (unpaired) electrons. The van der Waals surface area contributed by atoms with Gasteiger partial charge in [0.25, 0.3) is 0 Å². The molecule has 0 aromatic heterocycles. The van der Waals surface area contributed by atoms with Gasteiger partial charge in [-0.15, -0.1) is 0 Å². The molecule has 0 bridgehead atoms. The minimum atomic E-state index is -0.251. The lowest BCUT2D eigenvalue weighted by atomic mass is 10.1. The second kappa shape index (κ2) is 9.13. The van der Waals surface area contributed by atoms with Gasteiger partial charge in [-0.3, -0.25) is 4.79 Å². The van der Waals surface area contributed by atoms with Crippen LogP contribution in [0.25, 0.3) is 0 Å². The summed E-state index contributed by atoms with van der Waals surface area (Å²) in [5.74, 6) is 0.500. The van der Waals surface area contributed by atoms with Crippen molar-refractivity contribution >= 4 is 39.4 Å². The van der Waals surface area contributed by atoms with Crippen LogP contribution in [-0.4, -0.2) is 30.5 Å². The smallest absolute Gasteiger partial charge is 0.239 e. The Morgan fingerprint density at radius 2 is 2.00 bits per heavy atom. The topological polar surface area (TPSA) is 65.5 Å². The molecule has 0 spiro atoms. The van der Waals surface area contributed by atoms with Gasteiger partial charge in [0.05, 0.1) is 13.1 Å². The molecule has 0 unspecified atom stereocenters. The molecule has 0 heterocycles. The Morgan fingerprint density at radius 3 is 2.57 bits per heavy atom. The molecule has 1 aromatic rings. The Labute approximate surface area is 151 Å². The molecule has 0 saturated carbocycles. The molecule has 0 saturated heterocycles. The maximum atomic E-state index is 11.9. The molecule has 0 aliphatic heterocycles. The Bertz CT molecular complexity index is 570. The van der Waals surface area contributed by atoms with Crippen molar-refractivity contribution in [1.29, 1.82) is 0 Å². The summed E-state index contributed by atoms with van der Waals surface area (Å²) in [5, 5.41) is 9.68. The van der Waals surface area contributed by atoms with Crippen LogP contribution in [0.4, 0.5) is 0 Å². The van der Waals surface area contributed by atoms with Gasteiger partial charge in [0.15, 0.2) is 5.96 Å². The molecule has 0 aliphatic carbocycles. The monoisotopic (exact) mass is 402 g/mol. The number of carbonyl (C=O) groups excluding carboxylic acids is 1. The third kappa shape index (κ3) is 8.23. The lowest BCUT2D eigenvalue weighted by Gasteiger charge is -2.21. The molecule has 0 aliphatic rings. The zero-order chi connectivity index (χ0) is 17.5. The van der Waals surface area contributed by atoms with Crippen LogP contribution in [-0.2, 0) is 11.3 Å². The van der Waals surface area contributed by atoms with Crippen molar-refractivity contribution in [1.82, 2.24) is 16.0 Å². The summed E-state index contributed by atoms with van der Waals surface area (Å²) in [6.45, 7) is 9.11. The second-order valence-corrected chi connectivity index (χ2v) is 7.41. The van der Waals surface area contributed by atoms with Crippen LogP contribution >= 0.6 is 27.5 Å². The van der Waals surface area contributed by atoms with E-state index >= 15 is 0 Å². The number of hydrogen-bond acceptors (Lipinski definition) is 2. The third-order valence-electron chi connectivity index (χ3n) is 2.70. The Morgan fingerprint density at radius 1 is 1.30 bits per heavy atom. The number of rotatable bonds is 5. The standard InChI is InChI=1S/C16H24BrClN4O/c1-5-19-15(21-10-14(23)22-16(2,3)4)20-9-11-6-7-12(17)8-13(11)18/h6-8H,5,9-10H2,1-4H3,(H,22,23)(H2,19,20,21). The highest BCUT2D eigenvalue weighted by atomic mass is 79.9. The molecule has 23 heavy (non-hydrogen) atoms. The van der Waals surface area contributed by atoms with Gasteiger partial charge in [-0.2, -0.15) is 0 Å². The van der Waals surface area contributed by atoms with Gasteiger partial charge in [-0.1, -0.05) is 33.6 Å². The van der Waals surface area contributed by atoms with E-state index in [4.69, 9.17) is 11.6 Å². The molecule has 1 aromatic carbocycles. The van der Waals surface area contributed by atoms with Gasteiger partial charge in [0, 0.05) is 21.6 Å². The number of nitrogens with one attached hydrogen (secondary N) is 3. The number of amides is 1. The van der Waals surface area contributed by atoms with E-state index in [-0.39, 0.29) is 18.0 Å². The fourth-order valence-electron chi connectivity index (χ4n) is 1.78.